The van der Waals surface area contributed by atoms with Gasteiger partial charge in [-0.2, -0.15) is 0 Å². The molecular weight excluding hydrogens is 216 g/mol. The second kappa shape index (κ2) is 4.11. The van der Waals surface area contributed by atoms with E-state index in [0.717, 1.165) is 0 Å². The molecule has 0 heterocycles. The van der Waals surface area contributed by atoms with E-state index in [1.54, 1.807) is 0 Å². The molecule has 0 N–H and O–H groups in total. The highest BCUT2D eigenvalue weighted by molar-refractivity contribution is 7.81. The monoisotopic (exact) mass is 220 g/mol. The predicted molar refractivity (Wildman–Crippen MR) is 31.3 cm³/mol. The van der Waals surface area contributed by atoms with E-state index in [1.165, 1.54) is 0 Å². The Morgan fingerprint density at radius 1 is 0.833 bits per heavy atom. The van der Waals surface area contributed by atoms with Crippen LogP contribution in [0.5, 0.6) is 0 Å². The molecule has 0 aromatic carbocycles. The van der Waals surface area contributed by atoms with Crippen LogP contribution in [0.1, 0.15) is 0 Å². The normalized spacial score (nSPS) is 13.2. The van der Waals surface area contributed by atoms with Crippen LogP contribution in [0.15, 0.2) is 0 Å². The average molecular weight is 220 g/mol. The Kier molecular flexibility index (Phi) is 4.02. The summed E-state index contributed by atoms with van der Waals surface area (Å²) in [7, 11) is -9.74. The Balaban J connectivity index is 3.62. The molecule has 8 nitrogen and oxygen atoms in total. The van der Waals surface area contributed by atoms with Gasteiger partial charge in [-0.3, -0.25) is 8.37 Å². The fraction of sp³-hybridized carbons (Fsp3) is 1.00. The maximum absolute atomic E-state index is 9.69. The first-order valence-electron chi connectivity index (χ1n) is 2.41. The molecule has 0 atom stereocenters. The van der Waals surface area contributed by atoms with Gasteiger partial charge in [0.2, 0.25) is 20.8 Å². The minimum absolute atomic E-state index is 0.812. The van der Waals surface area contributed by atoms with Crippen LogP contribution in [0.2, 0.25) is 0 Å². The summed E-state index contributed by atoms with van der Waals surface area (Å²) in [6, 6.07) is 0. The maximum atomic E-state index is 9.69. The minimum Gasteiger partial charge on any atom is -0.726 e. The second-order valence-corrected chi connectivity index (χ2v) is 3.56. The summed E-state index contributed by atoms with van der Waals surface area (Å²) in [5.74, 6) is 0. The fourth-order valence-corrected chi connectivity index (χ4v) is 0.816. The van der Waals surface area contributed by atoms with Crippen molar-refractivity contribution in [2.75, 3.05) is 13.2 Å². The van der Waals surface area contributed by atoms with Gasteiger partial charge in [-0.15, -0.1) is 0 Å². The highest BCUT2D eigenvalue weighted by Gasteiger charge is 1.97. The molecule has 0 aromatic rings. The van der Waals surface area contributed by atoms with Gasteiger partial charge in [-0.1, -0.05) is 0 Å². The third-order valence-corrected chi connectivity index (χ3v) is 1.45. The Hall–Kier alpha value is -0.260. The van der Waals surface area contributed by atoms with Crippen LogP contribution in [0, 0.1) is 0 Å². The van der Waals surface area contributed by atoms with E-state index in [-0.39, 0.29) is 0 Å². The van der Waals surface area contributed by atoms with Gasteiger partial charge in [0.15, 0.2) is 0 Å². The van der Waals surface area contributed by atoms with Gasteiger partial charge in [-0.05, 0) is 0 Å². The Bertz CT molecular complexity index is 275. The Morgan fingerprint density at radius 3 is 1.25 bits per heavy atom. The van der Waals surface area contributed by atoms with Crippen molar-refractivity contribution >= 4 is 20.8 Å². The van der Waals surface area contributed by atoms with Crippen LogP contribution in [0.3, 0.4) is 0 Å². The smallest absolute Gasteiger partial charge is 0.217 e. The van der Waals surface area contributed by atoms with E-state index in [0.29, 0.717) is 0 Å². The number of hydrogen-bond donors (Lipinski definition) is 0. The van der Waals surface area contributed by atoms with Crippen molar-refractivity contribution in [2.45, 2.75) is 0 Å². The minimum atomic E-state index is -4.87. The first kappa shape index (κ1) is 11.7. The lowest BCUT2D eigenvalue weighted by Gasteiger charge is -2.09. The molecule has 0 radical (unpaired) electrons. The molecule has 0 aliphatic carbocycles. The fourth-order valence-electron chi connectivity index (χ4n) is 0.272. The lowest BCUT2D eigenvalue weighted by molar-refractivity contribution is 0.185. The molecule has 0 rings (SSSR count). The first-order chi connectivity index (χ1) is 5.21. The van der Waals surface area contributed by atoms with Gasteiger partial charge in [0.25, 0.3) is 0 Å². The zero-order valence-electron chi connectivity index (χ0n) is 5.50. The van der Waals surface area contributed by atoms with Crippen LogP contribution in [-0.4, -0.2) is 39.2 Å². The highest BCUT2D eigenvalue weighted by atomic mass is 32.3. The van der Waals surface area contributed by atoms with Crippen LogP contribution < -0.4 is 0 Å². The lowest BCUT2D eigenvalue weighted by atomic mass is 10.8. The van der Waals surface area contributed by atoms with Crippen molar-refractivity contribution in [1.29, 1.82) is 0 Å². The van der Waals surface area contributed by atoms with Crippen molar-refractivity contribution in [3.8, 4) is 0 Å². The molecule has 0 unspecified atom stereocenters. The van der Waals surface area contributed by atoms with Gasteiger partial charge in [0.1, 0.15) is 0 Å². The second-order valence-electron chi connectivity index (χ2n) is 1.46. The summed E-state index contributed by atoms with van der Waals surface area (Å²) >= 11 is 0. The topological polar surface area (TPSA) is 133 Å². The summed E-state index contributed by atoms with van der Waals surface area (Å²) in [6.45, 7) is -1.62. The van der Waals surface area contributed by atoms with Crippen LogP contribution in [-0.2, 0) is 29.2 Å². The van der Waals surface area contributed by atoms with Crippen molar-refractivity contribution in [3.05, 3.63) is 0 Å². The molecule has 0 aliphatic heterocycles. The quantitative estimate of drug-likeness (QED) is 0.293. The van der Waals surface area contributed by atoms with E-state index in [2.05, 4.69) is 8.37 Å². The van der Waals surface area contributed by atoms with Gasteiger partial charge in [-0.25, -0.2) is 16.8 Å². The van der Waals surface area contributed by atoms with Gasteiger partial charge in [0.05, 0.1) is 13.2 Å². The third kappa shape index (κ3) is 9.74. The lowest BCUT2D eigenvalue weighted by Crippen LogP contribution is -2.13. The standard InChI is InChI=1S/C2H6O8S2/c3-11(4,5)9-1-2-10-12(6,7)8/h1-2H2,(H,3,4,5)(H,6,7,8)/p-2. The van der Waals surface area contributed by atoms with Gasteiger partial charge in [0, 0.05) is 0 Å². The molecule has 0 aromatic heterocycles. The molecule has 0 saturated heterocycles. The Morgan fingerprint density at radius 2 is 1.08 bits per heavy atom. The van der Waals surface area contributed by atoms with Gasteiger partial charge < -0.3 is 9.11 Å². The molecule has 74 valence electrons. The molecular formula is C2H4O8S2-2. The SMILES string of the molecule is O=S(=O)([O-])OCCOS(=O)(=O)[O-]. The molecule has 10 heteroatoms. The van der Waals surface area contributed by atoms with E-state index in [9.17, 15) is 25.9 Å². The summed E-state index contributed by atoms with van der Waals surface area (Å²) in [5.41, 5.74) is 0. The average Bonchev–Trinajstić information content (AvgIpc) is 1.76. The van der Waals surface area contributed by atoms with Crippen molar-refractivity contribution < 1.29 is 34.3 Å². The van der Waals surface area contributed by atoms with Crippen LogP contribution in [0.25, 0.3) is 0 Å². The first-order valence-corrected chi connectivity index (χ1v) is 5.08. The number of rotatable bonds is 5. The summed E-state index contributed by atoms with van der Waals surface area (Å²) in [5, 5.41) is 0. The zero-order chi connectivity index (χ0) is 9.83. The molecule has 12 heavy (non-hydrogen) atoms. The van der Waals surface area contributed by atoms with E-state index in [4.69, 9.17) is 0 Å². The highest BCUT2D eigenvalue weighted by Crippen LogP contribution is 1.89. The molecule has 0 saturated carbocycles. The summed E-state index contributed by atoms with van der Waals surface area (Å²) < 4.78 is 65.2. The van der Waals surface area contributed by atoms with E-state index in [1.807, 2.05) is 0 Å². The molecule has 0 spiro atoms. The van der Waals surface area contributed by atoms with Crippen LogP contribution >= 0.6 is 0 Å². The maximum Gasteiger partial charge on any atom is 0.217 e. The third-order valence-electron chi connectivity index (χ3n) is 0.539. The van der Waals surface area contributed by atoms with Crippen molar-refractivity contribution in [1.82, 2.24) is 0 Å². The molecule has 0 amide bonds. The molecule has 0 bridgehead atoms. The van der Waals surface area contributed by atoms with E-state index < -0.39 is 34.0 Å². The summed E-state index contributed by atoms with van der Waals surface area (Å²) in [4.78, 5) is 0. The van der Waals surface area contributed by atoms with Crippen molar-refractivity contribution in [2.24, 2.45) is 0 Å². The predicted octanol–water partition coefficient (Wildman–Crippen LogP) is -2.06. The molecule has 0 aliphatic rings. The van der Waals surface area contributed by atoms with Crippen LogP contribution in [0.4, 0.5) is 0 Å². The largest absolute Gasteiger partial charge is 0.726 e. The van der Waals surface area contributed by atoms with E-state index >= 15 is 0 Å². The summed E-state index contributed by atoms with van der Waals surface area (Å²) in [6.07, 6.45) is 0. The van der Waals surface area contributed by atoms with Gasteiger partial charge >= 0.3 is 0 Å². The molecule has 0 fully saturated rings. The van der Waals surface area contributed by atoms with Crippen molar-refractivity contribution in [3.63, 3.8) is 0 Å². The number of hydrogen-bond acceptors (Lipinski definition) is 8. The Labute approximate surface area is 69.0 Å². The zero-order valence-corrected chi connectivity index (χ0v) is 7.13.